The average molecular weight is 491 g/mol. The number of carbonyl (C=O) groups excluding carboxylic acids is 1. The van der Waals surface area contributed by atoms with Crippen LogP contribution in [0.5, 0.6) is 0 Å². The van der Waals surface area contributed by atoms with Crippen molar-refractivity contribution in [2.75, 3.05) is 10.6 Å². The number of allylic oxidation sites excluding steroid dienone is 1. The first kappa shape index (κ1) is 22.1. The number of pyridine rings is 1. The summed E-state index contributed by atoms with van der Waals surface area (Å²) in [7, 11) is 0. The molecule has 1 aliphatic heterocycles. The van der Waals surface area contributed by atoms with Gasteiger partial charge in [0.05, 0.1) is 27.5 Å². The van der Waals surface area contributed by atoms with E-state index in [9.17, 15) is 4.79 Å². The Morgan fingerprint density at radius 1 is 1.09 bits per heavy atom. The molecule has 7 nitrogen and oxygen atoms in total. The maximum Gasteiger partial charge on any atom is 0.255 e. The molecule has 2 N–H and O–H groups in total. The molecule has 0 radical (unpaired) electrons. The molecule has 0 bridgehead atoms. The predicted octanol–water partition coefficient (Wildman–Crippen LogP) is 5.88. The Labute approximate surface area is 206 Å². The summed E-state index contributed by atoms with van der Waals surface area (Å²) in [5, 5.41) is 11.7. The number of fused-ring (bicyclic) bond motifs is 1. The molecule has 1 aliphatic rings. The third kappa shape index (κ3) is 4.04. The molecule has 1 amide bonds. The van der Waals surface area contributed by atoms with E-state index >= 15 is 0 Å². The van der Waals surface area contributed by atoms with Gasteiger partial charge in [0.25, 0.3) is 5.91 Å². The molecule has 4 aromatic rings. The van der Waals surface area contributed by atoms with Crippen molar-refractivity contribution < 1.29 is 4.79 Å². The lowest BCUT2D eigenvalue weighted by Gasteiger charge is -2.29. The first-order valence-electron chi connectivity index (χ1n) is 10.6. The number of anilines is 2. The van der Waals surface area contributed by atoms with Gasteiger partial charge in [-0.25, -0.2) is 4.68 Å². The van der Waals surface area contributed by atoms with Gasteiger partial charge >= 0.3 is 0 Å². The van der Waals surface area contributed by atoms with Crippen molar-refractivity contribution in [1.82, 2.24) is 19.7 Å². The quantitative estimate of drug-likeness (QED) is 0.372. The summed E-state index contributed by atoms with van der Waals surface area (Å²) < 4.78 is 1.68. The fourth-order valence-electron chi connectivity index (χ4n) is 4.01. The highest BCUT2D eigenvalue weighted by atomic mass is 35.5. The second-order valence-corrected chi connectivity index (χ2v) is 8.76. The van der Waals surface area contributed by atoms with Gasteiger partial charge in [-0.3, -0.25) is 9.78 Å². The van der Waals surface area contributed by atoms with E-state index in [1.54, 1.807) is 41.3 Å². The summed E-state index contributed by atoms with van der Waals surface area (Å²) in [5.41, 5.74) is 4.28. The van der Waals surface area contributed by atoms with Crippen LogP contribution >= 0.6 is 23.2 Å². The number of aryl methyl sites for hydroxylation is 1. The maximum absolute atomic E-state index is 13.5. The molecule has 0 saturated heterocycles. The summed E-state index contributed by atoms with van der Waals surface area (Å²) in [6, 6.07) is 16.2. The van der Waals surface area contributed by atoms with Crippen LogP contribution in [0.25, 0.3) is 11.4 Å². The molecule has 0 aliphatic carbocycles. The Morgan fingerprint density at radius 2 is 1.91 bits per heavy atom. The van der Waals surface area contributed by atoms with Crippen LogP contribution in [0.4, 0.5) is 11.6 Å². The van der Waals surface area contributed by atoms with Crippen molar-refractivity contribution in [3.63, 3.8) is 0 Å². The van der Waals surface area contributed by atoms with Crippen molar-refractivity contribution in [2.24, 2.45) is 0 Å². The molecule has 3 heterocycles. The first-order chi connectivity index (χ1) is 16.4. The smallest absolute Gasteiger partial charge is 0.255 e. The Hall–Kier alpha value is -3.68. The third-order valence-corrected chi connectivity index (χ3v) is 6.40. The molecule has 2 aromatic heterocycles. The van der Waals surface area contributed by atoms with Crippen LogP contribution in [-0.2, 0) is 4.79 Å². The van der Waals surface area contributed by atoms with E-state index in [-0.39, 0.29) is 5.91 Å². The van der Waals surface area contributed by atoms with Crippen LogP contribution in [0.2, 0.25) is 10.0 Å². The molecule has 0 spiro atoms. The normalized spacial score (nSPS) is 15.0. The van der Waals surface area contributed by atoms with Crippen LogP contribution in [-0.4, -0.2) is 25.7 Å². The monoisotopic (exact) mass is 490 g/mol. The van der Waals surface area contributed by atoms with E-state index < -0.39 is 6.04 Å². The van der Waals surface area contributed by atoms with Gasteiger partial charge in [-0.05, 0) is 38.1 Å². The lowest BCUT2D eigenvalue weighted by atomic mass is 9.95. The van der Waals surface area contributed by atoms with Gasteiger partial charge in [0.2, 0.25) is 5.95 Å². The van der Waals surface area contributed by atoms with Gasteiger partial charge in [-0.2, -0.15) is 4.98 Å². The highest BCUT2D eigenvalue weighted by molar-refractivity contribution is 6.42. The topological polar surface area (TPSA) is 84.7 Å². The number of nitrogens with zero attached hydrogens (tertiary/aromatic N) is 4. The number of hydrogen-bond donors (Lipinski definition) is 2. The zero-order valence-electron chi connectivity index (χ0n) is 18.4. The largest absolute Gasteiger partial charge is 0.328 e. The Kier molecular flexibility index (Phi) is 5.81. The number of rotatable bonds is 4. The number of aromatic nitrogens is 4. The van der Waals surface area contributed by atoms with Crippen molar-refractivity contribution >= 4 is 40.7 Å². The molecular weight excluding hydrogens is 471 g/mol. The Bertz CT molecular complexity index is 1430. The minimum absolute atomic E-state index is 0.308. The van der Waals surface area contributed by atoms with E-state index in [0.29, 0.717) is 44.3 Å². The molecule has 170 valence electrons. The van der Waals surface area contributed by atoms with Gasteiger partial charge < -0.3 is 10.6 Å². The highest BCUT2D eigenvalue weighted by Crippen LogP contribution is 2.41. The minimum atomic E-state index is -0.648. The summed E-state index contributed by atoms with van der Waals surface area (Å²) in [6.07, 6.45) is 3.23. The number of halogens is 2. The van der Waals surface area contributed by atoms with Crippen LogP contribution in [0.1, 0.15) is 24.1 Å². The van der Waals surface area contributed by atoms with Gasteiger partial charge in [0, 0.05) is 23.0 Å². The summed E-state index contributed by atoms with van der Waals surface area (Å²) in [4.78, 5) is 22.3. The first-order valence-corrected chi connectivity index (χ1v) is 11.3. The van der Waals surface area contributed by atoms with E-state index in [0.717, 1.165) is 11.1 Å². The molecule has 9 heteroatoms. The fraction of sp³-hybridized carbons (Fsp3) is 0.120. The number of carbonyl (C=O) groups is 1. The van der Waals surface area contributed by atoms with Crippen LogP contribution in [0, 0.1) is 6.92 Å². The van der Waals surface area contributed by atoms with Crippen LogP contribution in [0.15, 0.2) is 78.3 Å². The lowest BCUT2D eigenvalue weighted by Crippen LogP contribution is -2.31. The van der Waals surface area contributed by atoms with E-state index in [1.165, 1.54) is 0 Å². The molecule has 34 heavy (non-hydrogen) atoms. The van der Waals surface area contributed by atoms with Crippen molar-refractivity contribution in [3.05, 3.63) is 99.4 Å². The summed E-state index contributed by atoms with van der Waals surface area (Å²) in [5.74, 6) is 0.737. The number of hydrogen-bond acceptors (Lipinski definition) is 5. The summed E-state index contributed by atoms with van der Waals surface area (Å²) in [6.45, 7) is 3.84. The summed E-state index contributed by atoms with van der Waals surface area (Å²) >= 11 is 13.0. The van der Waals surface area contributed by atoms with E-state index in [1.807, 2.05) is 44.2 Å². The third-order valence-electron chi connectivity index (χ3n) is 5.57. The molecule has 2 aromatic carbocycles. The number of nitrogens with one attached hydrogen (secondary N) is 2. The van der Waals surface area contributed by atoms with Crippen LogP contribution in [0.3, 0.4) is 0 Å². The lowest BCUT2D eigenvalue weighted by molar-refractivity contribution is -0.113. The predicted molar refractivity (Wildman–Crippen MR) is 134 cm³/mol. The molecular formula is C25H20Cl2N6O. The number of benzene rings is 2. The second-order valence-electron chi connectivity index (χ2n) is 7.98. The second kappa shape index (κ2) is 8.93. The standard InChI is InChI=1S/C25H20Cl2N6O/c1-14-6-3-7-16(12-14)23-31-25-29-15(2)20(24(34)30-17-8-5-11-28-13-17)22(33(25)32-23)18-9-4-10-19(26)21(18)27/h3-13,22H,1-2H3,(H,30,34)(H,29,31,32). The van der Waals surface area contributed by atoms with Crippen LogP contribution < -0.4 is 10.6 Å². The zero-order valence-corrected chi connectivity index (χ0v) is 19.9. The molecule has 5 rings (SSSR count). The molecule has 1 atom stereocenters. The van der Waals surface area contributed by atoms with Crippen molar-refractivity contribution in [3.8, 4) is 11.4 Å². The van der Waals surface area contributed by atoms with Crippen molar-refractivity contribution in [2.45, 2.75) is 19.9 Å². The van der Waals surface area contributed by atoms with Gasteiger partial charge in [0.15, 0.2) is 5.82 Å². The van der Waals surface area contributed by atoms with Crippen molar-refractivity contribution in [1.29, 1.82) is 0 Å². The van der Waals surface area contributed by atoms with E-state index in [2.05, 4.69) is 15.6 Å². The van der Waals surface area contributed by atoms with E-state index in [4.69, 9.17) is 33.3 Å². The molecule has 0 fully saturated rings. The maximum atomic E-state index is 13.5. The zero-order chi connectivity index (χ0) is 23.8. The Balaban J connectivity index is 1.65. The SMILES string of the molecule is CC1=C(C(=O)Nc2cccnc2)C(c2cccc(Cl)c2Cl)n2nc(-c3cccc(C)c3)nc2N1. The van der Waals surface area contributed by atoms with Gasteiger partial charge in [-0.1, -0.05) is 59.1 Å². The molecule has 1 unspecified atom stereocenters. The molecule has 0 saturated carbocycles. The number of amides is 1. The van der Waals surface area contributed by atoms with Gasteiger partial charge in [0.1, 0.15) is 6.04 Å². The van der Waals surface area contributed by atoms with Gasteiger partial charge in [-0.15, -0.1) is 5.10 Å². The highest BCUT2D eigenvalue weighted by Gasteiger charge is 2.36. The Morgan fingerprint density at radius 3 is 2.68 bits per heavy atom. The minimum Gasteiger partial charge on any atom is -0.328 e. The fourth-order valence-corrected chi connectivity index (χ4v) is 4.42. The average Bonchev–Trinajstić information content (AvgIpc) is 3.24.